The molecule has 0 aliphatic rings. The number of aldehydes is 1. The largest absolute Gasteiger partial charge is 0.412 e. The number of hydrogen-bond donors (Lipinski definition) is 0. The summed E-state index contributed by atoms with van der Waals surface area (Å²) >= 11 is 6.86. The lowest BCUT2D eigenvalue weighted by molar-refractivity contribution is 0.112. The molecule has 0 aliphatic heterocycles. The molecular formula is C5H5ClO2S. The monoisotopic (exact) mass is 164 g/mol. The van der Waals surface area contributed by atoms with Crippen molar-refractivity contribution in [3.8, 4) is 0 Å². The van der Waals surface area contributed by atoms with E-state index >= 15 is 0 Å². The lowest BCUT2D eigenvalue weighted by Gasteiger charge is -1.68. The zero-order valence-electron chi connectivity index (χ0n) is 4.43. The van der Waals surface area contributed by atoms with Gasteiger partial charge in [0.1, 0.15) is 0 Å². The molecule has 1 rings (SSSR count). The minimum Gasteiger partial charge on any atom is -0.412 e. The third-order valence-corrected chi connectivity index (χ3v) is 1.83. The smallest absolute Gasteiger partial charge is 0.150 e. The van der Waals surface area contributed by atoms with E-state index in [1.807, 2.05) is 0 Å². The van der Waals surface area contributed by atoms with Crippen molar-refractivity contribution < 1.29 is 10.3 Å². The molecule has 0 aliphatic carbocycles. The van der Waals surface area contributed by atoms with Crippen molar-refractivity contribution in [2.24, 2.45) is 0 Å². The van der Waals surface area contributed by atoms with E-state index in [1.165, 1.54) is 11.3 Å². The Hall–Kier alpha value is -0.380. The molecule has 0 spiro atoms. The Morgan fingerprint density at radius 1 is 1.67 bits per heavy atom. The number of rotatable bonds is 1. The Morgan fingerprint density at radius 3 is 2.56 bits per heavy atom. The van der Waals surface area contributed by atoms with Crippen molar-refractivity contribution >= 4 is 29.2 Å². The maximum atomic E-state index is 9.97. The van der Waals surface area contributed by atoms with Gasteiger partial charge in [0, 0.05) is 10.9 Å². The highest BCUT2D eigenvalue weighted by molar-refractivity contribution is 7.14. The van der Waals surface area contributed by atoms with Gasteiger partial charge in [-0.1, -0.05) is 11.6 Å². The molecule has 0 amide bonds. The van der Waals surface area contributed by atoms with Crippen LogP contribution in [0.1, 0.15) is 10.4 Å². The normalized spacial score (nSPS) is 8.11. The first-order valence-electron chi connectivity index (χ1n) is 2.02. The van der Waals surface area contributed by atoms with Gasteiger partial charge < -0.3 is 5.48 Å². The van der Waals surface area contributed by atoms with Gasteiger partial charge in [-0.05, 0) is 6.07 Å². The van der Waals surface area contributed by atoms with Crippen molar-refractivity contribution in [2.45, 2.75) is 0 Å². The molecule has 1 aromatic heterocycles. The van der Waals surface area contributed by atoms with Crippen molar-refractivity contribution in [2.75, 3.05) is 0 Å². The van der Waals surface area contributed by atoms with Gasteiger partial charge in [0.2, 0.25) is 0 Å². The molecule has 0 bridgehead atoms. The second kappa shape index (κ2) is 3.61. The molecule has 1 aromatic rings. The highest BCUT2D eigenvalue weighted by Crippen LogP contribution is 2.17. The molecule has 50 valence electrons. The first kappa shape index (κ1) is 8.62. The highest BCUT2D eigenvalue weighted by Gasteiger charge is 1.91. The summed E-state index contributed by atoms with van der Waals surface area (Å²) in [4.78, 5) is 9.97. The van der Waals surface area contributed by atoms with Crippen LogP contribution in [-0.4, -0.2) is 11.8 Å². The van der Waals surface area contributed by atoms with Crippen LogP contribution >= 0.6 is 22.9 Å². The predicted molar refractivity (Wildman–Crippen MR) is 38.3 cm³/mol. The highest BCUT2D eigenvalue weighted by atomic mass is 35.5. The SMILES string of the molecule is O.O=Cc1csc(Cl)c1. The molecule has 9 heavy (non-hydrogen) atoms. The first-order valence-corrected chi connectivity index (χ1v) is 3.28. The van der Waals surface area contributed by atoms with Gasteiger partial charge in [-0.25, -0.2) is 0 Å². The molecule has 4 heteroatoms. The van der Waals surface area contributed by atoms with Crippen LogP contribution in [0.4, 0.5) is 0 Å². The third kappa shape index (κ3) is 2.13. The fourth-order valence-corrected chi connectivity index (χ4v) is 1.22. The summed E-state index contributed by atoms with van der Waals surface area (Å²) in [5.74, 6) is 0. The van der Waals surface area contributed by atoms with Gasteiger partial charge >= 0.3 is 0 Å². The van der Waals surface area contributed by atoms with E-state index in [9.17, 15) is 4.79 Å². The molecule has 0 fully saturated rings. The standard InChI is InChI=1S/C5H3ClOS.H2O/c6-5-1-4(2-7)3-8-5;/h1-3H;1H2. The summed E-state index contributed by atoms with van der Waals surface area (Å²) in [6.45, 7) is 0. The molecule has 0 saturated carbocycles. The van der Waals surface area contributed by atoms with Crippen LogP contribution in [0.5, 0.6) is 0 Å². The van der Waals surface area contributed by atoms with Crippen molar-refractivity contribution in [1.29, 1.82) is 0 Å². The van der Waals surface area contributed by atoms with Crippen LogP contribution in [0.15, 0.2) is 11.4 Å². The van der Waals surface area contributed by atoms with Crippen LogP contribution < -0.4 is 0 Å². The Kier molecular flexibility index (Phi) is 3.46. The molecule has 0 saturated heterocycles. The molecular weight excluding hydrogens is 160 g/mol. The van der Waals surface area contributed by atoms with Crippen LogP contribution in [0.25, 0.3) is 0 Å². The minimum absolute atomic E-state index is 0. The quantitative estimate of drug-likeness (QED) is 0.579. The molecule has 0 atom stereocenters. The molecule has 0 radical (unpaired) electrons. The molecule has 1 heterocycles. The van der Waals surface area contributed by atoms with E-state index in [4.69, 9.17) is 11.6 Å². The summed E-state index contributed by atoms with van der Waals surface area (Å²) in [7, 11) is 0. The molecule has 0 aromatic carbocycles. The fraction of sp³-hybridized carbons (Fsp3) is 0. The van der Waals surface area contributed by atoms with E-state index < -0.39 is 0 Å². The Balaban J connectivity index is 0.000000640. The van der Waals surface area contributed by atoms with E-state index in [2.05, 4.69) is 0 Å². The predicted octanol–water partition coefficient (Wildman–Crippen LogP) is 1.39. The summed E-state index contributed by atoms with van der Waals surface area (Å²) in [5, 5.41) is 1.72. The van der Waals surface area contributed by atoms with Gasteiger partial charge in [0.05, 0.1) is 4.34 Å². The first-order chi connectivity index (χ1) is 3.83. The number of hydrogen-bond acceptors (Lipinski definition) is 2. The number of thiophene rings is 1. The molecule has 2 N–H and O–H groups in total. The maximum Gasteiger partial charge on any atom is 0.150 e. The van der Waals surface area contributed by atoms with Crippen molar-refractivity contribution in [3.63, 3.8) is 0 Å². The van der Waals surface area contributed by atoms with E-state index in [0.29, 0.717) is 9.90 Å². The second-order valence-corrected chi connectivity index (χ2v) is 2.84. The summed E-state index contributed by atoms with van der Waals surface area (Å²) < 4.78 is 0.659. The van der Waals surface area contributed by atoms with E-state index in [0.717, 1.165) is 6.29 Å². The third-order valence-electron chi connectivity index (χ3n) is 0.724. The Bertz CT molecular complexity index is 197. The second-order valence-electron chi connectivity index (χ2n) is 1.30. The minimum atomic E-state index is 0. The fourth-order valence-electron chi connectivity index (χ4n) is 0.385. The van der Waals surface area contributed by atoms with Gasteiger partial charge in [-0.15, -0.1) is 11.3 Å². The average molecular weight is 165 g/mol. The Morgan fingerprint density at radius 2 is 2.33 bits per heavy atom. The lowest BCUT2D eigenvalue weighted by atomic mass is 10.4. The van der Waals surface area contributed by atoms with E-state index in [-0.39, 0.29) is 5.48 Å². The van der Waals surface area contributed by atoms with Crippen LogP contribution in [0.3, 0.4) is 0 Å². The summed E-state index contributed by atoms with van der Waals surface area (Å²) in [6, 6.07) is 1.64. The van der Waals surface area contributed by atoms with Gasteiger partial charge in [0.15, 0.2) is 6.29 Å². The van der Waals surface area contributed by atoms with Crippen molar-refractivity contribution in [1.82, 2.24) is 0 Å². The lowest BCUT2D eigenvalue weighted by Crippen LogP contribution is -1.65. The van der Waals surface area contributed by atoms with Crippen LogP contribution in [0.2, 0.25) is 4.34 Å². The molecule has 0 unspecified atom stereocenters. The maximum absolute atomic E-state index is 9.97. The molecule has 2 nitrogen and oxygen atoms in total. The summed E-state index contributed by atoms with van der Waals surface area (Å²) in [6.07, 6.45) is 0.780. The Labute approximate surface area is 61.4 Å². The van der Waals surface area contributed by atoms with Gasteiger partial charge in [0.25, 0.3) is 0 Å². The average Bonchev–Trinajstić information content (AvgIpc) is 2.14. The number of carbonyl (C=O) groups excluding carboxylic acids is 1. The zero-order valence-corrected chi connectivity index (χ0v) is 6.00. The van der Waals surface area contributed by atoms with Crippen LogP contribution in [0, 0.1) is 0 Å². The van der Waals surface area contributed by atoms with Gasteiger partial charge in [-0.3, -0.25) is 4.79 Å². The van der Waals surface area contributed by atoms with Crippen LogP contribution in [-0.2, 0) is 0 Å². The van der Waals surface area contributed by atoms with Gasteiger partial charge in [-0.2, -0.15) is 0 Å². The number of halogens is 1. The van der Waals surface area contributed by atoms with Crippen molar-refractivity contribution in [3.05, 3.63) is 21.3 Å². The summed E-state index contributed by atoms with van der Waals surface area (Å²) in [5.41, 5.74) is 0.653. The number of carbonyl (C=O) groups is 1. The zero-order chi connectivity index (χ0) is 5.98. The topological polar surface area (TPSA) is 48.6 Å². The van der Waals surface area contributed by atoms with E-state index in [1.54, 1.807) is 11.4 Å².